The number of hydrogen-bond acceptors (Lipinski definition) is 4. The van der Waals surface area contributed by atoms with E-state index in [1.165, 1.54) is 32.1 Å². The molecule has 1 aliphatic heterocycles. The smallest absolute Gasteiger partial charge is 0.242 e. The van der Waals surface area contributed by atoms with Gasteiger partial charge in [-0.3, -0.25) is 4.79 Å². The summed E-state index contributed by atoms with van der Waals surface area (Å²) in [4.78, 5) is 15.0. The average molecular weight is 450 g/mol. The average Bonchev–Trinajstić information content (AvgIpc) is 3.26. The number of hydrogen-bond donors (Lipinski definition) is 2. The van der Waals surface area contributed by atoms with E-state index in [2.05, 4.69) is 21.9 Å². The molecule has 174 valence electrons. The van der Waals surface area contributed by atoms with Crippen molar-refractivity contribution in [1.82, 2.24) is 4.72 Å². The maximum absolute atomic E-state index is 13.3. The molecule has 1 amide bonds. The Labute approximate surface area is 188 Å². The van der Waals surface area contributed by atoms with Gasteiger partial charge >= 0.3 is 0 Å². The first-order chi connectivity index (χ1) is 14.8. The summed E-state index contributed by atoms with van der Waals surface area (Å²) in [6, 6.07) is 5.47. The number of benzene rings is 1. The van der Waals surface area contributed by atoms with Gasteiger partial charge in [0.25, 0.3) is 0 Å². The Morgan fingerprint density at radius 2 is 1.87 bits per heavy atom. The fourth-order valence-corrected chi connectivity index (χ4v) is 6.34. The summed E-state index contributed by atoms with van der Waals surface area (Å²) in [5, 5.41) is 2.94. The Morgan fingerprint density at radius 3 is 2.55 bits per heavy atom. The van der Waals surface area contributed by atoms with Crippen LogP contribution in [0.2, 0.25) is 0 Å². The molecule has 0 aromatic heterocycles. The monoisotopic (exact) mass is 449 g/mol. The van der Waals surface area contributed by atoms with Crippen LogP contribution < -0.4 is 14.9 Å². The zero-order valence-corrected chi connectivity index (χ0v) is 20.1. The third kappa shape index (κ3) is 6.45. The number of nitrogens with zero attached hydrogens (tertiary/aromatic N) is 1. The minimum absolute atomic E-state index is 0.0378. The van der Waals surface area contributed by atoms with Gasteiger partial charge in [-0.2, -0.15) is 0 Å². The number of sulfonamides is 1. The number of rotatable bonds is 9. The highest BCUT2D eigenvalue weighted by Crippen LogP contribution is 2.33. The standard InChI is InChI=1S/C24H39N3O3S/c1-4-18(2)26-31(29,30)23-17-21(25-24(28)15-12-20-10-5-6-11-20)13-14-22(23)27-16-8-7-9-19(27)3/h13-14,17-20,26H,4-12,15-16H2,1-3H3,(H,25,28)/t18-,19+/m0/s1. The molecule has 1 saturated carbocycles. The van der Waals surface area contributed by atoms with E-state index in [1.807, 2.05) is 26.0 Å². The number of anilines is 2. The zero-order chi connectivity index (χ0) is 22.4. The zero-order valence-electron chi connectivity index (χ0n) is 19.3. The van der Waals surface area contributed by atoms with Crippen LogP contribution in [0, 0.1) is 5.92 Å². The molecule has 1 aromatic carbocycles. The van der Waals surface area contributed by atoms with Crippen molar-refractivity contribution in [3.63, 3.8) is 0 Å². The van der Waals surface area contributed by atoms with Crippen LogP contribution in [0.1, 0.15) is 85.0 Å². The Bertz CT molecular complexity index is 850. The molecule has 1 aliphatic carbocycles. The molecular formula is C24H39N3O3S. The number of nitrogens with one attached hydrogen (secondary N) is 2. The summed E-state index contributed by atoms with van der Waals surface area (Å²) in [6.07, 6.45) is 10.4. The minimum Gasteiger partial charge on any atom is -0.368 e. The van der Waals surface area contributed by atoms with Crippen molar-refractivity contribution in [1.29, 1.82) is 0 Å². The lowest BCUT2D eigenvalue weighted by Gasteiger charge is -2.36. The van der Waals surface area contributed by atoms with Crippen LogP contribution in [0.15, 0.2) is 23.1 Å². The fraction of sp³-hybridized carbons (Fsp3) is 0.708. The SMILES string of the molecule is CC[C@H](C)NS(=O)(=O)c1cc(NC(=O)CCC2CCCC2)ccc1N1CCCC[C@H]1C. The number of carbonyl (C=O) groups excluding carboxylic acids is 1. The van der Waals surface area contributed by atoms with Crippen molar-refractivity contribution in [2.75, 3.05) is 16.8 Å². The second-order valence-electron chi connectivity index (χ2n) is 9.39. The number of piperidine rings is 1. The Kier molecular flexibility index (Phi) is 8.39. The molecule has 1 saturated heterocycles. The van der Waals surface area contributed by atoms with Crippen molar-refractivity contribution in [2.24, 2.45) is 5.92 Å². The van der Waals surface area contributed by atoms with E-state index in [4.69, 9.17) is 0 Å². The highest BCUT2D eigenvalue weighted by Gasteiger charge is 2.28. The molecule has 0 bridgehead atoms. The first-order valence-corrected chi connectivity index (χ1v) is 13.5. The van der Waals surface area contributed by atoms with Crippen LogP contribution in [-0.2, 0) is 14.8 Å². The van der Waals surface area contributed by atoms with Crippen LogP contribution >= 0.6 is 0 Å². The second-order valence-corrected chi connectivity index (χ2v) is 11.1. The highest BCUT2D eigenvalue weighted by atomic mass is 32.2. The van der Waals surface area contributed by atoms with Gasteiger partial charge < -0.3 is 10.2 Å². The van der Waals surface area contributed by atoms with Crippen molar-refractivity contribution in [2.45, 2.75) is 102 Å². The molecule has 3 rings (SSSR count). The van der Waals surface area contributed by atoms with E-state index in [9.17, 15) is 13.2 Å². The van der Waals surface area contributed by atoms with E-state index >= 15 is 0 Å². The van der Waals surface area contributed by atoms with Gasteiger partial charge in [0, 0.05) is 30.7 Å². The van der Waals surface area contributed by atoms with Gasteiger partial charge in [-0.05, 0) is 70.1 Å². The molecule has 2 fully saturated rings. The number of carbonyl (C=O) groups is 1. The molecule has 6 nitrogen and oxygen atoms in total. The predicted octanol–water partition coefficient (Wildman–Crippen LogP) is 5.05. The van der Waals surface area contributed by atoms with Gasteiger partial charge in [0.05, 0.1) is 5.69 Å². The summed E-state index contributed by atoms with van der Waals surface area (Å²) >= 11 is 0. The van der Waals surface area contributed by atoms with Crippen molar-refractivity contribution >= 4 is 27.3 Å². The third-order valence-corrected chi connectivity index (χ3v) is 8.49. The van der Waals surface area contributed by atoms with Gasteiger partial charge in [0.2, 0.25) is 15.9 Å². The normalized spacial score (nSPS) is 21.3. The summed E-state index contributed by atoms with van der Waals surface area (Å²) in [6.45, 7) is 6.83. The van der Waals surface area contributed by atoms with Crippen molar-refractivity contribution < 1.29 is 13.2 Å². The topological polar surface area (TPSA) is 78.5 Å². The van der Waals surface area contributed by atoms with Crippen molar-refractivity contribution in [3.05, 3.63) is 18.2 Å². The quantitative estimate of drug-likeness (QED) is 0.553. The Balaban J connectivity index is 1.82. The molecule has 2 N–H and O–H groups in total. The summed E-state index contributed by atoms with van der Waals surface area (Å²) in [5.74, 6) is 0.619. The van der Waals surface area contributed by atoms with E-state index in [-0.39, 0.29) is 22.9 Å². The molecular weight excluding hydrogens is 410 g/mol. The lowest BCUT2D eigenvalue weighted by molar-refractivity contribution is -0.116. The van der Waals surface area contributed by atoms with Gasteiger partial charge in [-0.15, -0.1) is 0 Å². The first kappa shape index (κ1) is 24.1. The second kappa shape index (κ2) is 10.8. The lowest BCUT2D eigenvalue weighted by Crippen LogP contribution is -2.39. The maximum Gasteiger partial charge on any atom is 0.242 e. The lowest BCUT2D eigenvalue weighted by atomic mass is 10.0. The van der Waals surface area contributed by atoms with E-state index in [0.29, 0.717) is 24.4 Å². The van der Waals surface area contributed by atoms with Gasteiger partial charge in [0.15, 0.2) is 0 Å². The van der Waals surface area contributed by atoms with Gasteiger partial charge in [-0.25, -0.2) is 13.1 Å². The van der Waals surface area contributed by atoms with E-state index < -0.39 is 10.0 Å². The van der Waals surface area contributed by atoms with Crippen LogP contribution in [0.3, 0.4) is 0 Å². The van der Waals surface area contributed by atoms with Crippen LogP contribution in [0.4, 0.5) is 11.4 Å². The summed E-state index contributed by atoms with van der Waals surface area (Å²) < 4.78 is 29.3. The van der Waals surface area contributed by atoms with E-state index in [0.717, 1.165) is 31.5 Å². The molecule has 7 heteroatoms. The molecule has 31 heavy (non-hydrogen) atoms. The van der Waals surface area contributed by atoms with Crippen molar-refractivity contribution in [3.8, 4) is 0 Å². The molecule has 0 radical (unpaired) electrons. The maximum atomic E-state index is 13.3. The van der Waals surface area contributed by atoms with Gasteiger partial charge in [0.1, 0.15) is 4.90 Å². The summed E-state index contributed by atoms with van der Waals surface area (Å²) in [5.41, 5.74) is 1.28. The molecule has 0 unspecified atom stereocenters. The number of amides is 1. The van der Waals surface area contributed by atoms with Crippen LogP contribution in [0.5, 0.6) is 0 Å². The van der Waals surface area contributed by atoms with Crippen LogP contribution in [0.25, 0.3) is 0 Å². The van der Waals surface area contributed by atoms with E-state index in [1.54, 1.807) is 6.07 Å². The fourth-order valence-electron chi connectivity index (χ4n) is 4.77. The molecule has 1 heterocycles. The summed E-state index contributed by atoms with van der Waals surface area (Å²) in [7, 11) is -3.70. The van der Waals surface area contributed by atoms with Crippen LogP contribution in [-0.4, -0.2) is 33.0 Å². The highest BCUT2D eigenvalue weighted by molar-refractivity contribution is 7.89. The van der Waals surface area contributed by atoms with Gasteiger partial charge in [-0.1, -0.05) is 32.6 Å². The molecule has 0 spiro atoms. The predicted molar refractivity (Wildman–Crippen MR) is 127 cm³/mol. The third-order valence-electron chi connectivity index (χ3n) is 6.87. The first-order valence-electron chi connectivity index (χ1n) is 12.0. The molecule has 2 atom stereocenters. The molecule has 2 aliphatic rings. The molecule has 1 aromatic rings. The largest absolute Gasteiger partial charge is 0.368 e. The Hall–Kier alpha value is -1.60. The minimum atomic E-state index is -3.70. The Morgan fingerprint density at radius 1 is 1.16 bits per heavy atom.